The molecule has 0 aromatic heterocycles. The molecule has 0 amide bonds. The predicted octanol–water partition coefficient (Wildman–Crippen LogP) is 3.07. The number of ether oxygens (including phenoxy) is 1. The van der Waals surface area contributed by atoms with Crippen LogP contribution in [0.2, 0.25) is 0 Å². The molecule has 0 atom stereocenters. The fraction of sp³-hybridized carbons (Fsp3) is 0.333. The Hall–Kier alpha value is -2.20. The molecule has 0 spiro atoms. The van der Waals surface area contributed by atoms with Gasteiger partial charge in [0.2, 0.25) is 0 Å². The average Bonchev–Trinajstić information content (AvgIpc) is 2.57. The molecule has 1 heterocycles. The Morgan fingerprint density at radius 2 is 1.68 bits per heavy atom. The van der Waals surface area contributed by atoms with Crippen LogP contribution in [-0.4, -0.2) is 37.8 Å². The Labute approximate surface area is 130 Å². The number of ketones is 1. The highest BCUT2D eigenvalue weighted by atomic mass is 16.5. The Morgan fingerprint density at radius 1 is 1.00 bits per heavy atom. The molecule has 1 aromatic carbocycles. The lowest BCUT2D eigenvalue weighted by atomic mass is 9.97. The SMILES string of the molecule is CC1=C(C)C(=Nc2ccc(N3CCOCC3)cc2)C=CC1=O. The topological polar surface area (TPSA) is 41.9 Å². The Bertz CT molecular complexity index is 663. The number of carbonyl (C=O) groups excluding carboxylic acids is 1. The maximum absolute atomic E-state index is 11.6. The molecule has 4 heteroatoms. The first-order valence-electron chi connectivity index (χ1n) is 7.57. The monoisotopic (exact) mass is 296 g/mol. The third kappa shape index (κ3) is 3.02. The molecule has 0 bridgehead atoms. The van der Waals surface area contributed by atoms with E-state index in [9.17, 15) is 4.79 Å². The van der Waals surface area contributed by atoms with Crippen molar-refractivity contribution < 1.29 is 9.53 Å². The zero-order valence-electron chi connectivity index (χ0n) is 13.0. The van der Waals surface area contributed by atoms with Crippen molar-refractivity contribution in [2.45, 2.75) is 13.8 Å². The molecule has 4 nitrogen and oxygen atoms in total. The molecule has 1 aromatic rings. The van der Waals surface area contributed by atoms with Crippen LogP contribution in [0.4, 0.5) is 11.4 Å². The van der Waals surface area contributed by atoms with E-state index in [0.717, 1.165) is 48.8 Å². The van der Waals surface area contributed by atoms with Gasteiger partial charge in [-0.2, -0.15) is 0 Å². The van der Waals surface area contributed by atoms with Crippen LogP contribution in [0, 0.1) is 0 Å². The van der Waals surface area contributed by atoms with Crippen LogP contribution in [0.25, 0.3) is 0 Å². The minimum Gasteiger partial charge on any atom is -0.378 e. The van der Waals surface area contributed by atoms with Crippen molar-refractivity contribution in [1.82, 2.24) is 0 Å². The molecule has 1 aliphatic carbocycles. The summed E-state index contributed by atoms with van der Waals surface area (Å²) in [6.45, 7) is 7.22. The summed E-state index contributed by atoms with van der Waals surface area (Å²) in [5.74, 6) is 0.0686. The second-order valence-corrected chi connectivity index (χ2v) is 5.56. The van der Waals surface area contributed by atoms with Crippen LogP contribution >= 0.6 is 0 Å². The van der Waals surface area contributed by atoms with Crippen molar-refractivity contribution in [2.24, 2.45) is 4.99 Å². The van der Waals surface area contributed by atoms with Crippen LogP contribution in [-0.2, 0) is 9.53 Å². The van der Waals surface area contributed by atoms with Gasteiger partial charge in [0, 0.05) is 24.4 Å². The smallest absolute Gasteiger partial charge is 0.181 e. The Morgan fingerprint density at radius 3 is 2.36 bits per heavy atom. The van der Waals surface area contributed by atoms with Crippen molar-refractivity contribution in [2.75, 3.05) is 31.2 Å². The van der Waals surface area contributed by atoms with E-state index in [1.165, 1.54) is 5.69 Å². The number of hydrogen-bond acceptors (Lipinski definition) is 4. The lowest BCUT2D eigenvalue weighted by Crippen LogP contribution is -2.36. The predicted molar refractivity (Wildman–Crippen MR) is 89.1 cm³/mol. The molecule has 1 fully saturated rings. The maximum atomic E-state index is 11.6. The summed E-state index contributed by atoms with van der Waals surface area (Å²) in [5, 5.41) is 0. The summed E-state index contributed by atoms with van der Waals surface area (Å²) in [6.07, 6.45) is 3.38. The van der Waals surface area contributed by atoms with Gasteiger partial charge >= 0.3 is 0 Å². The van der Waals surface area contributed by atoms with Gasteiger partial charge in [-0.05, 0) is 55.8 Å². The third-order valence-corrected chi connectivity index (χ3v) is 4.18. The molecule has 114 valence electrons. The van der Waals surface area contributed by atoms with Gasteiger partial charge in [0.1, 0.15) is 0 Å². The van der Waals surface area contributed by atoms with E-state index in [1.54, 1.807) is 12.2 Å². The van der Waals surface area contributed by atoms with E-state index in [4.69, 9.17) is 4.74 Å². The highest BCUT2D eigenvalue weighted by molar-refractivity contribution is 6.22. The first kappa shape index (κ1) is 14.7. The van der Waals surface area contributed by atoms with Gasteiger partial charge in [0.05, 0.1) is 24.6 Å². The van der Waals surface area contributed by atoms with E-state index in [-0.39, 0.29) is 5.78 Å². The molecule has 0 unspecified atom stereocenters. The summed E-state index contributed by atoms with van der Waals surface area (Å²) >= 11 is 0. The summed E-state index contributed by atoms with van der Waals surface area (Å²) in [4.78, 5) is 18.6. The molecule has 1 saturated heterocycles. The second-order valence-electron chi connectivity index (χ2n) is 5.56. The Kier molecular flexibility index (Phi) is 4.20. The molecule has 1 aliphatic heterocycles. The number of anilines is 1. The summed E-state index contributed by atoms with van der Waals surface area (Å²) < 4.78 is 5.37. The quantitative estimate of drug-likeness (QED) is 0.788. The van der Waals surface area contributed by atoms with Crippen LogP contribution in [0.1, 0.15) is 13.8 Å². The summed E-state index contributed by atoms with van der Waals surface area (Å²) in [7, 11) is 0. The van der Waals surface area contributed by atoms with Gasteiger partial charge in [-0.3, -0.25) is 4.79 Å². The molecular weight excluding hydrogens is 276 g/mol. The normalized spacial score (nSPS) is 20.9. The standard InChI is InChI=1S/C18H20N2O2/c1-13-14(2)18(21)8-7-17(13)19-15-3-5-16(6-4-15)20-9-11-22-12-10-20/h3-8H,9-12H2,1-2H3. The van der Waals surface area contributed by atoms with E-state index in [1.807, 2.05) is 26.0 Å². The number of carbonyl (C=O) groups is 1. The lowest BCUT2D eigenvalue weighted by Gasteiger charge is -2.28. The number of allylic oxidation sites excluding steroid dienone is 4. The number of nitrogens with zero attached hydrogens (tertiary/aromatic N) is 2. The summed E-state index contributed by atoms with van der Waals surface area (Å²) in [5.41, 5.74) is 4.68. The van der Waals surface area contributed by atoms with E-state index in [0.29, 0.717) is 0 Å². The van der Waals surface area contributed by atoms with Crippen LogP contribution in [0.15, 0.2) is 52.6 Å². The van der Waals surface area contributed by atoms with Crippen molar-refractivity contribution in [3.8, 4) is 0 Å². The largest absolute Gasteiger partial charge is 0.378 e. The van der Waals surface area contributed by atoms with Gasteiger partial charge in [-0.15, -0.1) is 0 Å². The maximum Gasteiger partial charge on any atom is 0.181 e. The van der Waals surface area contributed by atoms with Gasteiger partial charge in [-0.1, -0.05) is 0 Å². The number of benzene rings is 1. The Balaban J connectivity index is 1.80. The number of hydrogen-bond donors (Lipinski definition) is 0. The van der Waals surface area contributed by atoms with Gasteiger partial charge in [0.15, 0.2) is 5.78 Å². The van der Waals surface area contributed by atoms with E-state index in [2.05, 4.69) is 22.0 Å². The third-order valence-electron chi connectivity index (χ3n) is 4.18. The van der Waals surface area contributed by atoms with Crippen molar-refractivity contribution in [1.29, 1.82) is 0 Å². The van der Waals surface area contributed by atoms with Gasteiger partial charge < -0.3 is 9.64 Å². The number of rotatable bonds is 2. The number of morpholine rings is 1. The second kappa shape index (κ2) is 6.28. The fourth-order valence-corrected chi connectivity index (χ4v) is 2.60. The van der Waals surface area contributed by atoms with E-state index >= 15 is 0 Å². The lowest BCUT2D eigenvalue weighted by molar-refractivity contribution is -0.111. The van der Waals surface area contributed by atoms with Gasteiger partial charge in [-0.25, -0.2) is 4.99 Å². The molecule has 0 N–H and O–H groups in total. The van der Waals surface area contributed by atoms with Crippen molar-refractivity contribution >= 4 is 22.9 Å². The van der Waals surface area contributed by atoms with Crippen molar-refractivity contribution in [3.05, 3.63) is 47.6 Å². The van der Waals surface area contributed by atoms with Crippen LogP contribution < -0.4 is 4.90 Å². The van der Waals surface area contributed by atoms with Crippen LogP contribution in [0.3, 0.4) is 0 Å². The average molecular weight is 296 g/mol. The highest BCUT2D eigenvalue weighted by Crippen LogP contribution is 2.23. The summed E-state index contributed by atoms with van der Waals surface area (Å²) in [6, 6.07) is 8.22. The molecule has 0 saturated carbocycles. The molecule has 0 radical (unpaired) electrons. The minimum absolute atomic E-state index is 0.0686. The molecule has 2 aliphatic rings. The van der Waals surface area contributed by atoms with Crippen molar-refractivity contribution in [3.63, 3.8) is 0 Å². The first-order valence-corrected chi connectivity index (χ1v) is 7.57. The molecular formula is C18H20N2O2. The fourth-order valence-electron chi connectivity index (χ4n) is 2.60. The highest BCUT2D eigenvalue weighted by Gasteiger charge is 2.14. The zero-order valence-corrected chi connectivity index (χ0v) is 13.0. The van der Waals surface area contributed by atoms with Gasteiger partial charge in [0.25, 0.3) is 0 Å². The van der Waals surface area contributed by atoms with E-state index < -0.39 is 0 Å². The molecule has 3 rings (SSSR count). The zero-order chi connectivity index (χ0) is 15.5. The molecule has 22 heavy (non-hydrogen) atoms. The number of aliphatic imine (C=N–C) groups is 1. The van der Waals surface area contributed by atoms with Crippen LogP contribution in [0.5, 0.6) is 0 Å². The minimum atomic E-state index is 0.0686. The first-order chi connectivity index (χ1) is 10.6.